The summed E-state index contributed by atoms with van der Waals surface area (Å²) in [6.45, 7) is 0. The maximum absolute atomic E-state index is 13.9. The lowest BCUT2D eigenvalue weighted by atomic mass is 10.0. The molecule has 0 aliphatic heterocycles. The van der Waals surface area contributed by atoms with E-state index in [1.54, 1.807) is 30.3 Å². The number of nitriles is 1. The van der Waals surface area contributed by atoms with Gasteiger partial charge in [0.15, 0.2) is 0 Å². The van der Waals surface area contributed by atoms with E-state index in [0.717, 1.165) is 0 Å². The number of hydrogen-bond acceptors (Lipinski definition) is 4. The van der Waals surface area contributed by atoms with E-state index >= 15 is 0 Å². The molecule has 0 saturated heterocycles. The van der Waals surface area contributed by atoms with E-state index in [4.69, 9.17) is 16.1 Å². The first-order valence-electron chi connectivity index (χ1n) is 8.38. The maximum atomic E-state index is 13.9. The van der Waals surface area contributed by atoms with Crippen molar-refractivity contribution < 1.29 is 19.1 Å². The first-order valence-corrected chi connectivity index (χ1v) is 8.38. The highest BCUT2D eigenvalue weighted by molar-refractivity contribution is 6.06. The zero-order valence-corrected chi connectivity index (χ0v) is 14.9. The summed E-state index contributed by atoms with van der Waals surface area (Å²) in [6.07, 6.45) is -1.20. The molecule has 3 aromatic rings. The van der Waals surface area contributed by atoms with Gasteiger partial charge in [-0.15, -0.1) is 0 Å². The van der Waals surface area contributed by atoms with Crippen molar-refractivity contribution >= 4 is 29.1 Å². The zero-order valence-electron chi connectivity index (χ0n) is 14.9. The zero-order chi connectivity index (χ0) is 21.0. The molecule has 0 fully saturated rings. The van der Waals surface area contributed by atoms with E-state index in [0.29, 0.717) is 33.8 Å². The molecule has 144 valence electrons. The molecule has 0 aromatic heterocycles. The molecule has 0 saturated carbocycles. The molecule has 3 aromatic carbocycles. The van der Waals surface area contributed by atoms with Gasteiger partial charge in [-0.1, -0.05) is 12.1 Å². The Balaban J connectivity index is 1.83. The Bertz CT molecular complexity index is 1140. The number of nitrogens with zero attached hydrogens (tertiary/aromatic N) is 1. The Morgan fingerprint density at radius 3 is 2.24 bits per heavy atom. The van der Waals surface area contributed by atoms with Gasteiger partial charge in [-0.25, -0.2) is 9.18 Å². The molecule has 7 nitrogen and oxygen atoms in total. The molecule has 0 radical (unpaired) electrons. The van der Waals surface area contributed by atoms with E-state index < -0.39 is 17.8 Å². The third kappa shape index (κ3) is 4.48. The molecule has 0 bridgehead atoms. The second-order valence-corrected chi connectivity index (χ2v) is 6.07. The van der Waals surface area contributed by atoms with Crippen LogP contribution in [-0.4, -0.2) is 17.1 Å². The minimum atomic E-state index is -1.20. The van der Waals surface area contributed by atoms with E-state index in [1.807, 2.05) is 0 Å². The van der Waals surface area contributed by atoms with Gasteiger partial charge in [-0.2, -0.15) is 5.26 Å². The van der Waals surface area contributed by atoms with E-state index in [-0.39, 0.29) is 5.56 Å². The van der Waals surface area contributed by atoms with Crippen LogP contribution in [-0.2, 0) is 0 Å². The normalized spacial score (nSPS) is 10.1. The van der Waals surface area contributed by atoms with Crippen molar-refractivity contribution in [3.8, 4) is 17.2 Å². The fraction of sp³-hybridized carbons (Fsp3) is 0. The molecule has 0 aliphatic carbocycles. The molecule has 5 N–H and O–H groups in total. The average Bonchev–Trinajstić information content (AvgIpc) is 2.69. The number of carboxylic acid groups (broad SMARTS) is 1. The van der Waals surface area contributed by atoms with Crippen molar-refractivity contribution in [2.45, 2.75) is 0 Å². The van der Waals surface area contributed by atoms with Gasteiger partial charge in [0.1, 0.15) is 11.9 Å². The van der Waals surface area contributed by atoms with Crippen molar-refractivity contribution in [3.05, 3.63) is 77.6 Å². The summed E-state index contributed by atoms with van der Waals surface area (Å²) >= 11 is 0. The van der Waals surface area contributed by atoms with Crippen molar-refractivity contribution in [2.75, 3.05) is 16.4 Å². The van der Waals surface area contributed by atoms with Crippen LogP contribution in [0.1, 0.15) is 15.9 Å². The highest BCUT2D eigenvalue weighted by atomic mass is 19.1. The Morgan fingerprint density at radius 1 is 0.966 bits per heavy atom. The number of anilines is 3. The summed E-state index contributed by atoms with van der Waals surface area (Å²) in [5.74, 6) is -1.08. The first-order chi connectivity index (χ1) is 13.9. The lowest BCUT2D eigenvalue weighted by Gasteiger charge is -2.11. The van der Waals surface area contributed by atoms with Crippen LogP contribution in [0.2, 0.25) is 0 Å². The number of halogens is 1. The number of amides is 2. The average molecular weight is 390 g/mol. The second-order valence-electron chi connectivity index (χ2n) is 6.07. The molecule has 8 heteroatoms. The number of hydrogen-bond donors (Lipinski definition) is 4. The Morgan fingerprint density at radius 2 is 1.62 bits per heavy atom. The van der Waals surface area contributed by atoms with Gasteiger partial charge in [0.05, 0.1) is 16.9 Å². The van der Waals surface area contributed by atoms with Crippen molar-refractivity contribution in [2.24, 2.45) is 0 Å². The highest BCUT2D eigenvalue weighted by Gasteiger charge is 2.11. The van der Waals surface area contributed by atoms with Gasteiger partial charge in [0.2, 0.25) is 0 Å². The van der Waals surface area contributed by atoms with Crippen LogP contribution >= 0.6 is 0 Å². The van der Waals surface area contributed by atoms with Crippen molar-refractivity contribution in [3.63, 3.8) is 0 Å². The van der Waals surface area contributed by atoms with E-state index in [2.05, 4.69) is 10.6 Å². The summed E-state index contributed by atoms with van der Waals surface area (Å²) in [6, 6.07) is 16.7. The van der Waals surface area contributed by atoms with Crippen molar-refractivity contribution in [1.29, 1.82) is 5.26 Å². The molecule has 0 heterocycles. The Kier molecular flexibility index (Phi) is 5.42. The Hall–Kier alpha value is -4.38. The summed E-state index contributed by atoms with van der Waals surface area (Å²) in [7, 11) is 0. The smallest absolute Gasteiger partial charge is 0.409 e. The quantitative estimate of drug-likeness (QED) is 0.494. The number of nitrogen functional groups attached to an aromatic ring is 1. The van der Waals surface area contributed by atoms with Crippen molar-refractivity contribution in [1.82, 2.24) is 0 Å². The highest BCUT2D eigenvalue weighted by Crippen LogP contribution is 2.29. The number of carbonyl (C=O) groups is 2. The summed E-state index contributed by atoms with van der Waals surface area (Å²) in [4.78, 5) is 23.1. The molecule has 0 aliphatic rings. The van der Waals surface area contributed by atoms with Gasteiger partial charge in [0.25, 0.3) is 5.91 Å². The molecule has 3 rings (SSSR count). The fourth-order valence-corrected chi connectivity index (χ4v) is 2.65. The second kappa shape index (κ2) is 8.10. The summed E-state index contributed by atoms with van der Waals surface area (Å²) in [5, 5.41) is 22.4. The van der Waals surface area contributed by atoms with Crippen LogP contribution in [0.4, 0.5) is 26.2 Å². The summed E-state index contributed by atoms with van der Waals surface area (Å²) < 4.78 is 13.9. The van der Waals surface area contributed by atoms with Gasteiger partial charge >= 0.3 is 6.09 Å². The molecule has 29 heavy (non-hydrogen) atoms. The third-order valence-electron chi connectivity index (χ3n) is 4.12. The van der Waals surface area contributed by atoms with Crippen LogP contribution in [0.5, 0.6) is 0 Å². The topological polar surface area (TPSA) is 128 Å². The van der Waals surface area contributed by atoms with Gasteiger partial charge in [0, 0.05) is 11.3 Å². The van der Waals surface area contributed by atoms with Crippen LogP contribution in [0.15, 0.2) is 60.7 Å². The molecule has 0 spiro atoms. The first kappa shape index (κ1) is 19.4. The molecular weight excluding hydrogens is 375 g/mol. The molecule has 0 unspecified atom stereocenters. The minimum absolute atomic E-state index is 0.0569. The SMILES string of the molecule is N#Cc1ccc(-c2ccc(N)c(NC(=O)c3ccc(NC(=O)O)cc3)c2)cc1F. The van der Waals surface area contributed by atoms with E-state index in [1.165, 1.54) is 36.4 Å². The number of benzene rings is 3. The van der Waals surface area contributed by atoms with Gasteiger partial charge in [-0.3, -0.25) is 10.1 Å². The third-order valence-corrected chi connectivity index (χ3v) is 4.12. The largest absolute Gasteiger partial charge is 0.465 e. The van der Waals surface area contributed by atoms with Gasteiger partial charge in [-0.05, 0) is 59.7 Å². The lowest BCUT2D eigenvalue weighted by molar-refractivity contribution is 0.102. The number of rotatable bonds is 4. The Labute approximate surface area is 165 Å². The lowest BCUT2D eigenvalue weighted by Crippen LogP contribution is -2.13. The standard InChI is InChI=1S/C21H15FN4O3/c22-17-9-13(1-2-15(17)11-23)14-5-8-18(24)19(10-14)26-20(27)12-3-6-16(7-4-12)25-21(28)29/h1-10,25H,24H2,(H,26,27)(H,28,29). The molecule has 0 atom stereocenters. The van der Waals surface area contributed by atoms with E-state index in [9.17, 15) is 14.0 Å². The maximum Gasteiger partial charge on any atom is 0.409 e. The number of nitrogens with one attached hydrogen (secondary N) is 2. The fourth-order valence-electron chi connectivity index (χ4n) is 2.65. The summed E-state index contributed by atoms with van der Waals surface area (Å²) in [5.41, 5.74) is 8.31. The predicted molar refractivity (Wildman–Crippen MR) is 107 cm³/mol. The van der Waals surface area contributed by atoms with Crippen LogP contribution in [0, 0.1) is 17.1 Å². The van der Waals surface area contributed by atoms with Crippen LogP contribution in [0.3, 0.4) is 0 Å². The molecule has 2 amide bonds. The number of carbonyl (C=O) groups excluding carboxylic acids is 1. The molecular formula is C21H15FN4O3. The minimum Gasteiger partial charge on any atom is -0.465 e. The predicted octanol–water partition coefficient (Wildman–Crippen LogP) is 4.29. The van der Waals surface area contributed by atoms with Gasteiger partial charge < -0.3 is 16.2 Å². The van der Waals surface area contributed by atoms with Crippen LogP contribution < -0.4 is 16.4 Å². The number of nitrogens with two attached hydrogens (primary N) is 1. The monoisotopic (exact) mass is 390 g/mol. The van der Waals surface area contributed by atoms with Crippen LogP contribution in [0.25, 0.3) is 11.1 Å².